The third-order valence-corrected chi connectivity index (χ3v) is 4.76. The Morgan fingerprint density at radius 2 is 1.94 bits per heavy atom. The summed E-state index contributed by atoms with van der Waals surface area (Å²) < 4.78 is 1.17. The molecule has 0 unspecified atom stereocenters. The molecular formula is C12H13BrN2S. The van der Waals surface area contributed by atoms with Gasteiger partial charge in [0.1, 0.15) is 5.01 Å². The van der Waals surface area contributed by atoms with Gasteiger partial charge in [0.15, 0.2) is 0 Å². The summed E-state index contributed by atoms with van der Waals surface area (Å²) in [7, 11) is 0. The minimum atomic E-state index is 0.562. The van der Waals surface area contributed by atoms with Gasteiger partial charge in [0, 0.05) is 27.7 Å². The van der Waals surface area contributed by atoms with E-state index in [-0.39, 0.29) is 0 Å². The van der Waals surface area contributed by atoms with E-state index in [9.17, 15) is 0 Å². The average Bonchev–Trinajstić information content (AvgIpc) is 2.73. The van der Waals surface area contributed by atoms with Crippen molar-refractivity contribution >= 4 is 27.3 Å². The number of aromatic nitrogens is 1. The zero-order valence-electron chi connectivity index (χ0n) is 9.25. The van der Waals surface area contributed by atoms with Crippen molar-refractivity contribution in [1.82, 2.24) is 4.98 Å². The Morgan fingerprint density at radius 1 is 1.31 bits per heavy atom. The van der Waals surface area contributed by atoms with Crippen molar-refractivity contribution in [3.05, 3.63) is 38.8 Å². The fourth-order valence-corrected chi connectivity index (χ4v) is 2.61. The first-order valence-corrected chi connectivity index (χ1v) is 6.64. The Balaban J connectivity index is 2.48. The number of thiazole rings is 1. The minimum absolute atomic E-state index is 0.562. The molecule has 0 atom stereocenters. The van der Waals surface area contributed by atoms with Crippen LogP contribution < -0.4 is 5.73 Å². The molecule has 16 heavy (non-hydrogen) atoms. The van der Waals surface area contributed by atoms with E-state index in [4.69, 9.17) is 5.73 Å². The van der Waals surface area contributed by atoms with Gasteiger partial charge < -0.3 is 5.73 Å². The van der Waals surface area contributed by atoms with Gasteiger partial charge in [0.05, 0.1) is 0 Å². The van der Waals surface area contributed by atoms with Crippen molar-refractivity contribution in [2.24, 2.45) is 5.73 Å². The zero-order chi connectivity index (χ0) is 11.7. The highest BCUT2D eigenvalue weighted by atomic mass is 79.9. The monoisotopic (exact) mass is 296 g/mol. The molecule has 2 aromatic rings. The first kappa shape index (κ1) is 11.8. The molecule has 4 heteroatoms. The second-order valence-electron chi connectivity index (χ2n) is 3.76. The Kier molecular flexibility index (Phi) is 3.42. The van der Waals surface area contributed by atoms with Gasteiger partial charge in [-0.25, -0.2) is 4.98 Å². The SMILES string of the molecule is Cc1cc(-c2ncc(CN)s2)cc(C)c1Br. The van der Waals surface area contributed by atoms with Gasteiger partial charge in [-0.3, -0.25) is 0 Å². The Labute approximate surface area is 108 Å². The quantitative estimate of drug-likeness (QED) is 0.919. The van der Waals surface area contributed by atoms with Crippen molar-refractivity contribution in [2.45, 2.75) is 20.4 Å². The molecule has 1 aromatic carbocycles. The van der Waals surface area contributed by atoms with Gasteiger partial charge >= 0.3 is 0 Å². The molecule has 0 amide bonds. The smallest absolute Gasteiger partial charge is 0.123 e. The first-order valence-electron chi connectivity index (χ1n) is 5.03. The fraction of sp³-hybridized carbons (Fsp3) is 0.250. The summed E-state index contributed by atoms with van der Waals surface area (Å²) >= 11 is 5.23. The molecule has 0 aliphatic rings. The summed E-state index contributed by atoms with van der Waals surface area (Å²) in [4.78, 5) is 5.51. The topological polar surface area (TPSA) is 38.9 Å². The molecule has 2 nitrogen and oxygen atoms in total. The molecular weight excluding hydrogens is 284 g/mol. The summed E-state index contributed by atoms with van der Waals surface area (Å²) in [5.74, 6) is 0. The van der Waals surface area contributed by atoms with E-state index in [1.807, 2.05) is 6.20 Å². The molecule has 0 saturated heterocycles. The normalized spacial score (nSPS) is 10.8. The molecule has 2 rings (SSSR count). The molecule has 0 spiro atoms. The molecule has 2 N–H and O–H groups in total. The zero-order valence-corrected chi connectivity index (χ0v) is 11.7. The summed E-state index contributed by atoms with van der Waals surface area (Å²) in [6.45, 7) is 4.75. The molecule has 0 aliphatic carbocycles. The Bertz CT molecular complexity index is 496. The summed E-state index contributed by atoms with van der Waals surface area (Å²) in [6.07, 6.45) is 1.85. The number of benzene rings is 1. The van der Waals surface area contributed by atoms with Crippen LogP contribution in [0.4, 0.5) is 0 Å². The number of hydrogen-bond acceptors (Lipinski definition) is 3. The van der Waals surface area contributed by atoms with Gasteiger partial charge in [-0.1, -0.05) is 15.9 Å². The van der Waals surface area contributed by atoms with Crippen molar-refractivity contribution in [3.63, 3.8) is 0 Å². The highest BCUT2D eigenvalue weighted by molar-refractivity contribution is 9.10. The molecule has 0 radical (unpaired) electrons. The number of aryl methyl sites for hydroxylation is 2. The van der Waals surface area contributed by atoms with Crippen LogP contribution in [0.2, 0.25) is 0 Å². The van der Waals surface area contributed by atoms with Crippen LogP contribution in [-0.2, 0) is 6.54 Å². The molecule has 1 aromatic heterocycles. The van der Waals surface area contributed by atoms with Crippen molar-refractivity contribution in [3.8, 4) is 10.6 Å². The second-order valence-corrected chi connectivity index (χ2v) is 5.67. The summed E-state index contributed by atoms with van der Waals surface area (Å²) in [6, 6.07) is 4.30. The van der Waals surface area contributed by atoms with Crippen LogP contribution in [-0.4, -0.2) is 4.98 Å². The van der Waals surface area contributed by atoms with Crippen LogP contribution in [0, 0.1) is 13.8 Å². The number of hydrogen-bond donors (Lipinski definition) is 1. The highest BCUT2D eigenvalue weighted by Gasteiger charge is 2.07. The van der Waals surface area contributed by atoms with E-state index >= 15 is 0 Å². The lowest BCUT2D eigenvalue weighted by atomic mass is 10.1. The Hall–Kier alpha value is -0.710. The predicted molar refractivity (Wildman–Crippen MR) is 72.6 cm³/mol. The van der Waals surface area contributed by atoms with E-state index in [0.717, 1.165) is 9.88 Å². The highest BCUT2D eigenvalue weighted by Crippen LogP contribution is 2.30. The van der Waals surface area contributed by atoms with Crippen LogP contribution in [0.5, 0.6) is 0 Å². The third-order valence-electron chi connectivity index (χ3n) is 2.44. The standard InChI is InChI=1S/C12H13BrN2S/c1-7-3-9(4-8(2)11(7)13)12-15-6-10(5-14)16-12/h3-4,6H,5,14H2,1-2H3. The number of rotatable bonds is 2. The maximum absolute atomic E-state index is 5.59. The molecule has 0 bridgehead atoms. The summed E-state index contributed by atoms with van der Waals surface area (Å²) in [5.41, 5.74) is 9.23. The van der Waals surface area contributed by atoms with E-state index in [1.54, 1.807) is 11.3 Å². The lowest BCUT2D eigenvalue weighted by molar-refractivity contribution is 1.10. The second kappa shape index (κ2) is 4.65. The van der Waals surface area contributed by atoms with E-state index < -0.39 is 0 Å². The number of halogens is 1. The summed E-state index contributed by atoms with van der Waals surface area (Å²) in [5, 5.41) is 1.04. The van der Waals surface area contributed by atoms with Crippen LogP contribution >= 0.6 is 27.3 Å². The maximum atomic E-state index is 5.59. The van der Waals surface area contributed by atoms with Gasteiger partial charge in [-0.15, -0.1) is 11.3 Å². The molecule has 0 fully saturated rings. The van der Waals surface area contributed by atoms with Crippen molar-refractivity contribution in [2.75, 3.05) is 0 Å². The van der Waals surface area contributed by atoms with Gasteiger partial charge in [-0.2, -0.15) is 0 Å². The van der Waals surface area contributed by atoms with E-state index in [2.05, 4.69) is 46.9 Å². The Morgan fingerprint density at radius 3 is 2.44 bits per heavy atom. The van der Waals surface area contributed by atoms with Gasteiger partial charge in [0.25, 0.3) is 0 Å². The van der Waals surface area contributed by atoms with E-state index in [1.165, 1.54) is 21.2 Å². The molecule has 0 aliphatic heterocycles. The van der Waals surface area contributed by atoms with Crippen molar-refractivity contribution < 1.29 is 0 Å². The van der Waals surface area contributed by atoms with Gasteiger partial charge in [0.2, 0.25) is 0 Å². The first-order chi connectivity index (χ1) is 7.61. The third kappa shape index (κ3) is 2.19. The fourth-order valence-electron chi connectivity index (χ4n) is 1.60. The predicted octanol–water partition coefficient (Wildman–Crippen LogP) is 3.65. The van der Waals surface area contributed by atoms with Crippen LogP contribution in [0.1, 0.15) is 16.0 Å². The van der Waals surface area contributed by atoms with E-state index in [0.29, 0.717) is 6.54 Å². The number of nitrogens with zero attached hydrogens (tertiary/aromatic N) is 1. The van der Waals surface area contributed by atoms with Gasteiger partial charge in [-0.05, 0) is 37.1 Å². The van der Waals surface area contributed by atoms with Crippen molar-refractivity contribution in [1.29, 1.82) is 0 Å². The molecule has 1 heterocycles. The van der Waals surface area contributed by atoms with Crippen LogP contribution in [0.3, 0.4) is 0 Å². The van der Waals surface area contributed by atoms with Crippen LogP contribution in [0.15, 0.2) is 22.8 Å². The number of nitrogens with two attached hydrogens (primary N) is 1. The maximum Gasteiger partial charge on any atom is 0.123 e. The largest absolute Gasteiger partial charge is 0.326 e. The lowest BCUT2D eigenvalue weighted by Gasteiger charge is -2.05. The molecule has 0 saturated carbocycles. The average molecular weight is 297 g/mol. The van der Waals surface area contributed by atoms with Crippen LogP contribution in [0.25, 0.3) is 10.6 Å². The molecule has 84 valence electrons. The lowest BCUT2D eigenvalue weighted by Crippen LogP contribution is -1.91. The minimum Gasteiger partial charge on any atom is -0.326 e.